The second kappa shape index (κ2) is 12.4. The van der Waals surface area contributed by atoms with Crippen molar-refractivity contribution >= 4 is 29.9 Å². The number of aliphatic imine (C=N–C) groups is 1. The van der Waals surface area contributed by atoms with Gasteiger partial charge in [0, 0.05) is 46.0 Å². The predicted molar refractivity (Wildman–Crippen MR) is 112 cm³/mol. The summed E-state index contributed by atoms with van der Waals surface area (Å²) in [7, 11) is 2.03. The quantitative estimate of drug-likeness (QED) is 0.366. The minimum Gasteiger partial charge on any atom is -0.381 e. The largest absolute Gasteiger partial charge is 0.381 e. The van der Waals surface area contributed by atoms with E-state index in [2.05, 4.69) is 15.2 Å². The molecule has 1 saturated heterocycles. The van der Waals surface area contributed by atoms with E-state index < -0.39 is 11.6 Å². The van der Waals surface area contributed by atoms with Crippen molar-refractivity contribution in [2.45, 2.75) is 32.6 Å². The lowest BCUT2D eigenvalue weighted by atomic mass is 9.96. The molecule has 7 heteroatoms. The summed E-state index contributed by atoms with van der Waals surface area (Å²) >= 11 is 0. The zero-order valence-electron chi connectivity index (χ0n) is 15.6. The van der Waals surface area contributed by atoms with Gasteiger partial charge in [0.25, 0.3) is 0 Å². The van der Waals surface area contributed by atoms with E-state index >= 15 is 0 Å². The Morgan fingerprint density at radius 2 is 1.88 bits per heavy atom. The van der Waals surface area contributed by atoms with Crippen LogP contribution in [0.15, 0.2) is 23.2 Å². The highest BCUT2D eigenvalue weighted by Crippen LogP contribution is 2.18. The van der Waals surface area contributed by atoms with Gasteiger partial charge in [0.05, 0.1) is 0 Å². The Kier molecular flexibility index (Phi) is 11.0. The summed E-state index contributed by atoms with van der Waals surface area (Å²) in [5.74, 6) is 0.472. The second-order valence-corrected chi connectivity index (χ2v) is 6.53. The van der Waals surface area contributed by atoms with E-state index in [0.717, 1.165) is 57.6 Å². The molecule has 0 aliphatic carbocycles. The maximum absolute atomic E-state index is 13.2. The van der Waals surface area contributed by atoms with Crippen molar-refractivity contribution < 1.29 is 13.5 Å². The molecule has 0 radical (unpaired) electrons. The summed E-state index contributed by atoms with van der Waals surface area (Å²) in [4.78, 5) is 6.72. The summed E-state index contributed by atoms with van der Waals surface area (Å²) < 4.78 is 31.9. The number of nitrogens with zero attached hydrogens (tertiary/aromatic N) is 2. The first-order chi connectivity index (χ1) is 12.1. The molecule has 148 valence electrons. The van der Waals surface area contributed by atoms with Gasteiger partial charge in [-0.15, -0.1) is 24.0 Å². The Morgan fingerprint density at radius 1 is 1.23 bits per heavy atom. The van der Waals surface area contributed by atoms with E-state index in [1.54, 1.807) is 0 Å². The number of nitrogens with one attached hydrogen (secondary N) is 1. The standard InChI is InChI=1S/C19H29F2N3O.HI/c1-3-22-19(24(2)9-5-15-6-10-25-11-7-15)23-8-4-16-12-17(20)14-18(21)13-16;/h12-15H,3-11H2,1-2H3,(H,22,23);1H. The molecule has 4 nitrogen and oxygen atoms in total. The molecule has 1 aromatic carbocycles. The first-order valence-electron chi connectivity index (χ1n) is 9.10. The molecule has 0 unspecified atom stereocenters. The number of ether oxygens (including phenoxy) is 1. The van der Waals surface area contributed by atoms with Crippen molar-refractivity contribution in [3.05, 3.63) is 35.4 Å². The van der Waals surface area contributed by atoms with Gasteiger partial charge < -0.3 is 15.0 Å². The van der Waals surface area contributed by atoms with E-state index in [9.17, 15) is 8.78 Å². The summed E-state index contributed by atoms with van der Waals surface area (Å²) in [6.45, 7) is 5.98. The van der Waals surface area contributed by atoms with Crippen LogP contribution in [-0.2, 0) is 11.2 Å². The Morgan fingerprint density at radius 3 is 2.50 bits per heavy atom. The van der Waals surface area contributed by atoms with Crippen LogP contribution >= 0.6 is 24.0 Å². The van der Waals surface area contributed by atoms with Gasteiger partial charge in [-0.1, -0.05) is 0 Å². The van der Waals surface area contributed by atoms with Gasteiger partial charge in [-0.3, -0.25) is 4.99 Å². The maximum atomic E-state index is 13.2. The molecule has 1 N–H and O–H groups in total. The van der Waals surface area contributed by atoms with Crippen LogP contribution in [0.1, 0.15) is 31.7 Å². The zero-order valence-corrected chi connectivity index (χ0v) is 18.0. The summed E-state index contributed by atoms with van der Waals surface area (Å²) in [6, 6.07) is 3.61. The van der Waals surface area contributed by atoms with Crippen LogP contribution < -0.4 is 5.32 Å². The van der Waals surface area contributed by atoms with Crippen molar-refractivity contribution in [2.24, 2.45) is 10.9 Å². The van der Waals surface area contributed by atoms with E-state index in [4.69, 9.17) is 4.74 Å². The van der Waals surface area contributed by atoms with Gasteiger partial charge >= 0.3 is 0 Å². The van der Waals surface area contributed by atoms with Crippen molar-refractivity contribution in [1.82, 2.24) is 10.2 Å². The van der Waals surface area contributed by atoms with Gasteiger partial charge in [0.1, 0.15) is 11.6 Å². The van der Waals surface area contributed by atoms with E-state index in [1.807, 2.05) is 14.0 Å². The number of rotatable bonds is 7. The number of hydrogen-bond acceptors (Lipinski definition) is 2. The minimum atomic E-state index is -0.542. The molecule has 0 atom stereocenters. The first kappa shape index (κ1) is 23.1. The van der Waals surface area contributed by atoms with Crippen molar-refractivity contribution in [2.75, 3.05) is 39.9 Å². The third-order valence-corrected chi connectivity index (χ3v) is 4.49. The Hall–Kier alpha value is -0.960. The molecule has 1 aliphatic rings. The van der Waals surface area contributed by atoms with Crippen LogP contribution in [0.4, 0.5) is 8.78 Å². The molecule has 2 rings (SSSR count). The molecule has 1 aliphatic heterocycles. The molecular weight excluding hydrogens is 451 g/mol. The molecule has 1 fully saturated rings. The third kappa shape index (κ3) is 8.16. The number of benzene rings is 1. The topological polar surface area (TPSA) is 36.9 Å². The van der Waals surface area contributed by atoms with Crippen molar-refractivity contribution in [1.29, 1.82) is 0 Å². The number of hydrogen-bond donors (Lipinski definition) is 1. The monoisotopic (exact) mass is 481 g/mol. The van der Waals surface area contributed by atoms with Gasteiger partial charge in [-0.25, -0.2) is 8.78 Å². The van der Waals surface area contributed by atoms with E-state index in [-0.39, 0.29) is 24.0 Å². The molecule has 0 aromatic heterocycles. The maximum Gasteiger partial charge on any atom is 0.193 e. The molecule has 1 aromatic rings. The van der Waals surface area contributed by atoms with Crippen molar-refractivity contribution in [3.8, 4) is 0 Å². The lowest BCUT2D eigenvalue weighted by Crippen LogP contribution is -2.40. The normalized spacial score (nSPS) is 15.5. The van der Waals surface area contributed by atoms with Gasteiger partial charge in [0.2, 0.25) is 0 Å². The van der Waals surface area contributed by atoms with Crippen LogP contribution in [0.2, 0.25) is 0 Å². The molecule has 0 spiro atoms. The summed E-state index contributed by atoms with van der Waals surface area (Å²) in [6.07, 6.45) is 3.90. The van der Waals surface area contributed by atoms with Crippen LogP contribution in [0.3, 0.4) is 0 Å². The van der Waals surface area contributed by atoms with Crippen LogP contribution in [0, 0.1) is 17.6 Å². The lowest BCUT2D eigenvalue weighted by Gasteiger charge is -2.26. The average molecular weight is 481 g/mol. The highest BCUT2D eigenvalue weighted by atomic mass is 127. The highest BCUT2D eigenvalue weighted by Gasteiger charge is 2.15. The number of halogens is 3. The molecule has 0 amide bonds. The molecule has 0 bridgehead atoms. The van der Waals surface area contributed by atoms with Crippen LogP contribution in [0.5, 0.6) is 0 Å². The summed E-state index contributed by atoms with van der Waals surface area (Å²) in [5.41, 5.74) is 0.627. The zero-order chi connectivity index (χ0) is 18.1. The molecule has 0 saturated carbocycles. The Labute approximate surface area is 172 Å². The Balaban J connectivity index is 0.00000338. The fraction of sp³-hybridized carbons (Fsp3) is 0.632. The van der Waals surface area contributed by atoms with E-state index in [1.165, 1.54) is 12.1 Å². The van der Waals surface area contributed by atoms with Gasteiger partial charge in [-0.05, 0) is 56.2 Å². The predicted octanol–water partition coefficient (Wildman–Crippen LogP) is 3.84. The van der Waals surface area contributed by atoms with Gasteiger partial charge in [0.15, 0.2) is 5.96 Å². The smallest absolute Gasteiger partial charge is 0.193 e. The number of guanidine groups is 1. The second-order valence-electron chi connectivity index (χ2n) is 6.53. The third-order valence-electron chi connectivity index (χ3n) is 4.49. The van der Waals surface area contributed by atoms with E-state index in [0.29, 0.717) is 24.4 Å². The molecule has 26 heavy (non-hydrogen) atoms. The highest BCUT2D eigenvalue weighted by molar-refractivity contribution is 14.0. The lowest BCUT2D eigenvalue weighted by molar-refractivity contribution is 0.0625. The summed E-state index contributed by atoms with van der Waals surface area (Å²) in [5, 5.41) is 3.28. The average Bonchev–Trinajstić information content (AvgIpc) is 2.59. The molecular formula is C19H30F2IN3O. The van der Waals surface area contributed by atoms with Crippen molar-refractivity contribution in [3.63, 3.8) is 0 Å². The fourth-order valence-corrected chi connectivity index (χ4v) is 3.03. The minimum absolute atomic E-state index is 0. The van der Waals surface area contributed by atoms with Crippen LogP contribution in [0.25, 0.3) is 0 Å². The fourth-order valence-electron chi connectivity index (χ4n) is 3.03. The van der Waals surface area contributed by atoms with Crippen LogP contribution in [-0.4, -0.2) is 50.8 Å². The van der Waals surface area contributed by atoms with Gasteiger partial charge in [-0.2, -0.15) is 0 Å². The Bertz CT molecular complexity index is 545. The molecule has 1 heterocycles. The SMILES string of the molecule is CCNC(=NCCc1cc(F)cc(F)c1)N(C)CCC1CCOCC1.I. The first-order valence-corrected chi connectivity index (χ1v) is 9.10.